The highest BCUT2D eigenvalue weighted by molar-refractivity contribution is 6.31. The molecule has 5 N–H and O–H groups in total. The van der Waals surface area contributed by atoms with E-state index in [1.807, 2.05) is 0 Å². The van der Waals surface area contributed by atoms with Crippen molar-refractivity contribution < 1.29 is 13.2 Å². The number of nitrogens with one attached hydrogen (secondary N) is 5. The number of allylic oxidation sites excluding steroid dienone is 2. The summed E-state index contributed by atoms with van der Waals surface area (Å²) in [6.07, 6.45) is 23.9. The smallest absolute Gasteiger partial charge is 0.387 e. The van der Waals surface area contributed by atoms with E-state index in [0.29, 0.717) is 60.3 Å². The van der Waals surface area contributed by atoms with Crippen LogP contribution in [0.1, 0.15) is 162 Å². The Morgan fingerprint density at radius 1 is 0.833 bits per heavy atom. The minimum Gasteiger partial charge on any atom is -0.387 e. The van der Waals surface area contributed by atoms with Gasteiger partial charge in [-0.1, -0.05) is 104 Å². The summed E-state index contributed by atoms with van der Waals surface area (Å²) in [7, 11) is 9.07. The minimum absolute atomic E-state index is 0.0896. The van der Waals surface area contributed by atoms with E-state index in [0.717, 1.165) is 116 Å². The second-order valence-electron chi connectivity index (χ2n) is 25.9. The van der Waals surface area contributed by atoms with E-state index in [1.54, 1.807) is 6.07 Å². The number of alkyl halides is 3. The third-order valence-corrected chi connectivity index (χ3v) is 19.2. The van der Waals surface area contributed by atoms with Gasteiger partial charge in [0.25, 0.3) is 0 Å². The molecule has 15 heteroatoms. The highest BCUT2D eigenvalue weighted by atomic mass is 35.5. The first-order valence-corrected chi connectivity index (χ1v) is 31.6. The number of aryl methyl sites for hydroxylation is 1. The van der Waals surface area contributed by atoms with Crippen LogP contribution in [-0.2, 0) is 12.6 Å². The summed E-state index contributed by atoms with van der Waals surface area (Å²) in [4.78, 5) is 15.4. The molecule has 3 aliphatic heterocycles. The van der Waals surface area contributed by atoms with Gasteiger partial charge in [0.15, 0.2) is 0 Å². The van der Waals surface area contributed by atoms with Crippen molar-refractivity contribution in [3.8, 4) is 0 Å². The largest absolute Gasteiger partial charge is 0.417 e. The van der Waals surface area contributed by atoms with Crippen molar-refractivity contribution in [2.75, 3.05) is 100 Å². The quantitative estimate of drug-likeness (QED) is 0.173. The molecule has 3 heterocycles. The molecule has 2 unspecified atom stereocenters. The molecule has 0 bridgehead atoms. The Bertz CT molecular complexity index is 1990. The Hall–Kier alpha value is -2.56. The van der Waals surface area contributed by atoms with Gasteiger partial charge in [-0.15, -0.1) is 0 Å². The topological polar surface area (TPSA) is 79.6 Å². The van der Waals surface area contributed by atoms with Crippen LogP contribution in [-0.4, -0.2) is 171 Å². The molecule has 2 aliphatic carbocycles. The molecular formula is C63H111ClF3N11. The summed E-state index contributed by atoms with van der Waals surface area (Å²) >= 11 is 6.19. The van der Waals surface area contributed by atoms with E-state index in [4.69, 9.17) is 11.6 Å². The van der Waals surface area contributed by atoms with Gasteiger partial charge in [0.1, 0.15) is 0 Å². The summed E-state index contributed by atoms with van der Waals surface area (Å²) in [6.45, 7) is 28.0. The number of likely N-dealkylation sites (N-methyl/N-ethyl adjacent to an activating group) is 2. The van der Waals surface area contributed by atoms with Gasteiger partial charge in [-0.3, -0.25) is 4.90 Å². The third kappa shape index (κ3) is 20.1. The van der Waals surface area contributed by atoms with Gasteiger partial charge in [0.05, 0.1) is 10.6 Å². The molecule has 1 spiro atoms. The number of rotatable bonds is 8. The molecule has 0 aromatic heterocycles. The van der Waals surface area contributed by atoms with Crippen LogP contribution >= 0.6 is 11.6 Å². The maximum atomic E-state index is 13.6. The Morgan fingerprint density at radius 2 is 1.58 bits per heavy atom. The van der Waals surface area contributed by atoms with Gasteiger partial charge in [-0.2, -0.15) is 13.2 Å². The van der Waals surface area contributed by atoms with Crippen LogP contribution in [0.3, 0.4) is 0 Å². The van der Waals surface area contributed by atoms with Gasteiger partial charge in [0.2, 0.25) is 0 Å². The van der Waals surface area contributed by atoms with E-state index in [-0.39, 0.29) is 16.6 Å². The predicted molar refractivity (Wildman–Crippen MR) is 322 cm³/mol. The maximum absolute atomic E-state index is 13.6. The average Bonchev–Trinajstić information content (AvgIpc) is 4.16. The Kier molecular flexibility index (Phi) is 26.3. The van der Waals surface area contributed by atoms with Gasteiger partial charge in [-0.05, 0) is 134 Å². The summed E-state index contributed by atoms with van der Waals surface area (Å²) in [6, 6.07) is 6.50. The summed E-state index contributed by atoms with van der Waals surface area (Å²) < 4.78 is 40.8. The lowest BCUT2D eigenvalue weighted by Gasteiger charge is -2.45. The number of benzene rings is 1. The molecule has 1 aromatic carbocycles. The molecule has 0 radical (unpaired) electrons. The zero-order valence-electron chi connectivity index (χ0n) is 50.8. The molecule has 2 saturated carbocycles. The van der Waals surface area contributed by atoms with E-state index in [1.165, 1.54) is 88.1 Å². The summed E-state index contributed by atoms with van der Waals surface area (Å²) in [5.74, 6) is 2.48. The number of nitrogens with zero attached hydrogens (tertiary/aromatic N) is 6. The number of halogens is 4. The third-order valence-electron chi connectivity index (χ3n) is 18.9. The molecule has 2 saturated heterocycles. The fourth-order valence-corrected chi connectivity index (χ4v) is 14.2. The van der Waals surface area contributed by atoms with Crippen molar-refractivity contribution in [1.29, 1.82) is 0 Å². The van der Waals surface area contributed by atoms with Gasteiger partial charge < -0.3 is 51.1 Å². The van der Waals surface area contributed by atoms with Crippen molar-refractivity contribution in [2.24, 2.45) is 23.7 Å². The van der Waals surface area contributed by atoms with Gasteiger partial charge >= 0.3 is 6.18 Å². The molecule has 446 valence electrons. The number of hydrogen-bond donors (Lipinski definition) is 5. The van der Waals surface area contributed by atoms with Crippen molar-refractivity contribution in [3.05, 3.63) is 70.5 Å². The van der Waals surface area contributed by atoms with E-state index >= 15 is 0 Å². The maximum Gasteiger partial charge on any atom is 0.417 e. The lowest BCUT2D eigenvalue weighted by atomic mass is 9.86. The van der Waals surface area contributed by atoms with Crippen molar-refractivity contribution in [2.45, 2.75) is 206 Å². The summed E-state index contributed by atoms with van der Waals surface area (Å²) in [5.41, 5.74) is 2.89. The van der Waals surface area contributed by atoms with Crippen LogP contribution in [0.4, 0.5) is 13.2 Å². The predicted octanol–water partition coefficient (Wildman–Crippen LogP) is 11.2. The zero-order valence-corrected chi connectivity index (χ0v) is 51.6. The van der Waals surface area contributed by atoms with Gasteiger partial charge in [-0.25, -0.2) is 0 Å². The highest BCUT2D eigenvalue weighted by Crippen LogP contribution is 2.37. The lowest BCUT2D eigenvalue weighted by molar-refractivity contribution is -0.137. The van der Waals surface area contributed by atoms with E-state index in [9.17, 15) is 13.2 Å². The first-order valence-electron chi connectivity index (χ1n) is 31.2. The zero-order chi connectivity index (χ0) is 56.4. The van der Waals surface area contributed by atoms with E-state index in [2.05, 4.69) is 157 Å². The first kappa shape index (κ1) is 64.6. The minimum atomic E-state index is -4.48. The molecular weight excluding hydrogens is 1000 g/mol. The van der Waals surface area contributed by atoms with Crippen LogP contribution in [0.5, 0.6) is 0 Å². The molecule has 6 rings (SSSR count). The second kappa shape index (κ2) is 31.8. The van der Waals surface area contributed by atoms with Crippen LogP contribution in [0, 0.1) is 23.7 Å². The molecule has 1 aromatic rings. The number of fused-ring (bicyclic) bond motifs is 2. The molecule has 78 heavy (non-hydrogen) atoms. The molecule has 5 aliphatic rings. The summed E-state index contributed by atoms with van der Waals surface area (Å²) in [5, 5.41) is 19.5. The fourth-order valence-electron chi connectivity index (χ4n) is 13.9. The second-order valence-corrected chi connectivity index (χ2v) is 26.3. The van der Waals surface area contributed by atoms with Crippen molar-refractivity contribution in [3.63, 3.8) is 0 Å². The lowest BCUT2D eigenvalue weighted by Crippen LogP contribution is -2.62. The molecule has 11 nitrogen and oxygen atoms in total. The van der Waals surface area contributed by atoms with Crippen molar-refractivity contribution in [1.82, 2.24) is 56.0 Å². The fraction of sp³-hybridized carbons (Fsp3) is 0.810. The average molecular weight is 1120 g/mol. The van der Waals surface area contributed by atoms with Crippen LogP contribution < -0.4 is 26.6 Å². The highest BCUT2D eigenvalue weighted by Gasteiger charge is 2.42. The van der Waals surface area contributed by atoms with Crippen LogP contribution in [0.2, 0.25) is 5.02 Å². The Morgan fingerprint density at radius 3 is 2.28 bits per heavy atom. The monoisotopic (exact) mass is 1110 g/mol. The van der Waals surface area contributed by atoms with Crippen molar-refractivity contribution >= 4 is 11.6 Å². The Balaban J connectivity index is 1.21. The molecule has 0 amide bonds. The number of hydrogen-bond acceptors (Lipinski definition) is 11. The normalized spacial score (nSPS) is 29.5. The van der Waals surface area contributed by atoms with Crippen LogP contribution in [0.25, 0.3) is 0 Å². The van der Waals surface area contributed by atoms with E-state index < -0.39 is 11.7 Å². The first-order chi connectivity index (χ1) is 37.2. The SMILES string of the molecule is CC[C@H](C)[C@H]1CN(C)CCN2CCCC2=CN(C)C(CC2CCCCC2)=CN(C)C=CN[C@@H](CCc2ccc(C(F)(F)F)c(Cl)c2)CCNCCNCC2(CCCC2)NC(C)[C@H](C(C)C)N2C[C@H](C)CC2CN(C)[C@@H](C)CN1. The molecule has 4 fully saturated rings. The van der Waals surface area contributed by atoms with Gasteiger partial charge in [0, 0.05) is 158 Å². The van der Waals surface area contributed by atoms with Crippen LogP contribution in [0.15, 0.2) is 54.4 Å². The Labute approximate surface area is 478 Å². The molecule has 8 atom stereocenters. The standard InChI is InChI=1S/C63H111ClF3N11/c1-12-49(5)60-45-74(9)35-36-77-33-18-21-55(77)43-76(11)56(38-52-19-14-13-15-20-52)42-73(8)34-32-70-54(24-22-53-23-25-58(59(64)39-53)63(65,66)67)26-29-68-30-31-69-46-62(27-16-17-28-62)72-51(7)61(47(2)3)78-41-48(4)37-57(78)44-75(10)50(6)40-71-60/h23,25,32,34,39,42-43,47-52,54,57,60-61,68-72H,12-22,24,26-31,33,35-38,40-41,44-46H2,1-11H3/t48-,49+,50+,51?,54+,57?,60-,61+/m1/s1.